The number of halogens is 2. The normalized spacial score (nSPS) is 18.3. The number of aryl methyl sites for hydroxylation is 1. The van der Waals surface area contributed by atoms with Gasteiger partial charge in [-0.05, 0) is 55.7 Å². The Bertz CT molecular complexity index is 965. The molecule has 1 atom stereocenters. The van der Waals surface area contributed by atoms with Crippen LogP contribution in [0.4, 0.5) is 10.1 Å². The first-order valence-electron chi connectivity index (χ1n) is 8.60. The van der Waals surface area contributed by atoms with Gasteiger partial charge in [-0.25, -0.2) is 12.8 Å². The van der Waals surface area contributed by atoms with E-state index in [1.807, 2.05) is 0 Å². The molecule has 1 N–H and O–H groups in total. The topological polar surface area (TPSA) is 66.5 Å². The lowest BCUT2D eigenvalue weighted by Crippen LogP contribution is -2.43. The van der Waals surface area contributed by atoms with E-state index in [0.29, 0.717) is 30.1 Å². The van der Waals surface area contributed by atoms with E-state index in [0.717, 1.165) is 5.56 Å². The van der Waals surface area contributed by atoms with Gasteiger partial charge in [-0.15, -0.1) is 0 Å². The lowest BCUT2D eigenvalue weighted by molar-refractivity contribution is -0.120. The lowest BCUT2D eigenvalue weighted by atomic mass is 9.99. The van der Waals surface area contributed by atoms with Crippen molar-refractivity contribution < 1.29 is 17.6 Å². The van der Waals surface area contributed by atoms with Crippen molar-refractivity contribution in [3.8, 4) is 0 Å². The fraction of sp³-hybridized carbons (Fsp3) is 0.316. The molecule has 0 radical (unpaired) electrons. The van der Waals surface area contributed by atoms with Crippen LogP contribution in [0.1, 0.15) is 18.4 Å². The quantitative estimate of drug-likeness (QED) is 0.833. The summed E-state index contributed by atoms with van der Waals surface area (Å²) >= 11 is 6.06. The van der Waals surface area contributed by atoms with E-state index in [9.17, 15) is 17.6 Å². The van der Waals surface area contributed by atoms with Crippen LogP contribution in [0.25, 0.3) is 0 Å². The van der Waals surface area contributed by atoms with E-state index < -0.39 is 21.8 Å². The molecular formula is C19H20ClFN2O3S. The Labute approximate surface area is 163 Å². The fourth-order valence-electron chi connectivity index (χ4n) is 3.07. The third-order valence-corrected chi connectivity index (χ3v) is 6.90. The summed E-state index contributed by atoms with van der Waals surface area (Å²) in [7, 11) is -3.74. The Hall–Kier alpha value is -1.96. The zero-order valence-corrected chi connectivity index (χ0v) is 16.4. The van der Waals surface area contributed by atoms with Crippen molar-refractivity contribution in [2.24, 2.45) is 5.92 Å². The summed E-state index contributed by atoms with van der Waals surface area (Å²) in [6.45, 7) is 2.22. The molecule has 1 amide bonds. The zero-order valence-electron chi connectivity index (χ0n) is 14.8. The first kappa shape index (κ1) is 19.8. The van der Waals surface area contributed by atoms with Crippen LogP contribution in [0, 0.1) is 18.7 Å². The van der Waals surface area contributed by atoms with Crippen molar-refractivity contribution in [3.63, 3.8) is 0 Å². The molecule has 0 saturated carbocycles. The minimum atomic E-state index is -3.74. The van der Waals surface area contributed by atoms with Gasteiger partial charge in [0, 0.05) is 23.8 Å². The Morgan fingerprint density at radius 2 is 2.04 bits per heavy atom. The van der Waals surface area contributed by atoms with Gasteiger partial charge < -0.3 is 5.32 Å². The van der Waals surface area contributed by atoms with Gasteiger partial charge >= 0.3 is 0 Å². The summed E-state index contributed by atoms with van der Waals surface area (Å²) in [6.07, 6.45) is 1.14. The van der Waals surface area contributed by atoms with Crippen molar-refractivity contribution in [1.82, 2.24) is 4.31 Å². The zero-order chi connectivity index (χ0) is 19.6. The summed E-state index contributed by atoms with van der Waals surface area (Å²) in [5.74, 6) is -1.27. The van der Waals surface area contributed by atoms with E-state index in [-0.39, 0.29) is 17.3 Å². The molecule has 0 bridgehead atoms. The third-order valence-electron chi connectivity index (χ3n) is 4.63. The molecule has 1 heterocycles. The van der Waals surface area contributed by atoms with Crippen molar-refractivity contribution >= 4 is 33.2 Å². The maximum atomic E-state index is 13.3. The van der Waals surface area contributed by atoms with Gasteiger partial charge in [0.2, 0.25) is 15.9 Å². The van der Waals surface area contributed by atoms with Gasteiger partial charge in [0.15, 0.2) is 0 Å². The van der Waals surface area contributed by atoms with E-state index in [1.54, 1.807) is 19.1 Å². The number of carbonyl (C=O) groups is 1. The highest BCUT2D eigenvalue weighted by Gasteiger charge is 2.33. The largest absolute Gasteiger partial charge is 0.326 e. The molecule has 0 spiro atoms. The molecule has 1 aliphatic rings. The molecule has 1 aliphatic heterocycles. The van der Waals surface area contributed by atoms with Gasteiger partial charge in [0.25, 0.3) is 0 Å². The van der Waals surface area contributed by atoms with Crippen molar-refractivity contribution in [1.29, 1.82) is 0 Å². The molecule has 1 saturated heterocycles. The van der Waals surface area contributed by atoms with Gasteiger partial charge in [-0.1, -0.05) is 23.7 Å². The standard InChI is InChI=1S/C19H20ClFN2O3S/c1-13-7-8-17(11-18(13)20)27(25,26)23-9-3-4-14(12-23)19(24)22-16-6-2-5-15(21)10-16/h2,5-8,10-11,14H,3-4,9,12H2,1H3,(H,22,24). The van der Waals surface area contributed by atoms with Crippen LogP contribution >= 0.6 is 11.6 Å². The number of amides is 1. The molecular weight excluding hydrogens is 391 g/mol. The number of carbonyl (C=O) groups excluding carboxylic acids is 1. The van der Waals surface area contributed by atoms with E-state index in [1.165, 1.54) is 34.6 Å². The minimum absolute atomic E-state index is 0.0784. The number of hydrogen-bond acceptors (Lipinski definition) is 3. The summed E-state index contributed by atoms with van der Waals surface area (Å²) in [4.78, 5) is 12.6. The SMILES string of the molecule is Cc1ccc(S(=O)(=O)N2CCCC(C(=O)Nc3cccc(F)c3)C2)cc1Cl. The monoisotopic (exact) mass is 410 g/mol. The predicted octanol–water partition coefficient (Wildman–Crippen LogP) is 3.83. The molecule has 3 rings (SSSR count). The fourth-order valence-corrected chi connectivity index (χ4v) is 4.86. The van der Waals surface area contributed by atoms with Crippen LogP contribution < -0.4 is 5.32 Å². The second kappa shape index (κ2) is 7.96. The molecule has 1 unspecified atom stereocenters. The minimum Gasteiger partial charge on any atom is -0.326 e. The summed E-state index contributed by atoms with van der Waals surface area (Å²) in [5.41, 5.74) is 1.15. The molecule has 8 heteroatoms. The predicted molar refractivity (Wildman–Crippen MR) is 103 cm³/mol. The number of benzene rings is 2. The first-order valence-corrected chi connectivity index (χ1v) is 10.4. The van der Waals surface area contributed by atoms with Crippen LogP contribution in [-0.2, 0) is 14.8 Å². The molecule has 1 fully saturated rings. The number of nitrogens with one attached hydrogen (secondary N) is 1. The van der Waals surface area contributed by atoms with Crippen LogP contribution in [-0.4, -0.2) is 31.7 Å². The molecule has 27 heavy (non-hydrogen) atoms. The maximum Gasteiger partial charge on any atom is 0.243 e. The highest BCUT2D eigenvalue weighted by Crippen LogP contribution is 2.27. The second-order valence-electron chi connectivity index (χ2n) is 6.61. The first-order chi connectivity index (χ1) is 12.8. The van der Waals surface area contributed by atoms with Crippen molar-refractivity contribution in [2.75, 3.05) is 18.4 Å². The third kappa shape index (κ3) is 4.48. The smallest absolute Gasteiger partial charge is 0.243 e. The lowest BCUT2D eigenvalue weighted by Gasteiger charge is -2.31. The second-order valence-corrected chi connectivity index (χ2v) is 8.96. The van der Waals surface area contributed by atoms with E-state index in [2.05, 4.69) is 5.32 Å². The van der Waals surface area contributed by atoms with Gasteiger partial charge in [0.05, 0.1) is 10.8 Å². The summed E-state index contributed by atoms with van der Waals surface area (Å²) in [5, 5.41) is 3.04. The van der Waals surface area contributed by atoms with Gasteiger partial charge in [-0.2, -0.15) is 4.31 Å². The van der Waals surface area contributed by atoms with Crippen LogP contribution in [0.5, 0.6) is 0 Å². The number of rotatable bonds is 4. The van der Waals surface area contributed by atoms with Crippen LogP contribution in [0.15, 0.2) is 47.4 Å². The van der Waals surface area contributed by atoms with E-state index in [4.69, 9.17) is 11.6 Å². The summed E-state index contributed by atoms with van der Waals surface area (Å²) in [6, 6.07) is 10.2. The van der Waals surface area contributed by atoms with Gasteiger partial charge in [0.1, 0.15) is 5.82 Å². The average Bonchev–Trinajstić information content (AvgIpc) is 2.64. The number of hydrogen-bond donors (Lipinski definition) is 1. The van der Waals surface area contributed by atoms with Crippen molar-refractivity contribution in [2.45, 2.75) is 24.7 Å². The Balaban J connectivity index is 1.74. The number of anilines is 1. The average molecular weight is 411 g/mol. The highest BCUT2D eigenvalue weighted by molar-refractivity contribution is 7.89. The molecule has 5 nitrogen and oxygen atoms in total. The molecule has 0 aliphatic carbocycles. The molecule has 0 aromatic heterocycles. The summed E-state index contributed by atoms with van der Waals surface area (Å²) < 4.78 is 40.4. The number of piperidine rings is 1. The van der Waals surface area contributed by atoms with Crippen LogP contribution in [0.2, 0.25) is 5.02 Å². The van der Waals surface area contributed by atoms with Gasteiger partial charge in [-0.3, -0.25) is 4.79 Å². The Morgan fingerprint density at radius 1 is 1.26 bits per heavy atom. The van der Waals surface area contributed by atoms with Crippen LogP contribution in [0.3, 0.4) is 0 Å². The van der Waals surface area contributed by atoms with Crippen molar-refractivity contribution in [3.05, 3.63) is 58.9 Å². The maximum absolute atomic E-state index is 13.3. The molecule has 144 valence electrons. The molecule has 2 aromatic rings. The Morgan fingerprint density at radius 3 is 2.74 bits per heavy atom. The highest BCUT2D eigenvalue weighted by atomic mass is 35.5. The number of sulfonamides is 1. The van der Waals surface area contributed by atoms with E-state index >= 15 is 0 Å². The Kier molecular flexibility index (Phi) is 5.83. The number of nitrogens with zero attached hydrogens (tertiary/aromatic N) is 1. The molecule has 2 aromatic carbocycles.